The smallest absolute Gasteiger partial charge is 0.264 e. The summed E-state index contributed by atoms with van der Waals surface area (Å²) >= 11 is 5.98. The Labute approximate surface area is 246 Å². The van der Waals surface area contributed by atoms with Gasteiger partial charge in [-0.1, -0.05) is 23.7 Å². The number of hydrogen-bond donors (Lipinski definition) is 1. The van der Waals surface area contributed by atoms with Gasteiger partial charge in [0, 0.05) is 17.1 Å². The van der Waals surface area contributed by atoms with E-state index < -0.39 is 45.8 Å². The quantitative estimate of drug-likeness (QED) is 0.316. The van der Waals surface area contributed by atoms with Crippen LogP contribution in [-0.2, 0) is 26.2 Å². The molecule has 0 radical (unpaired) electrons. The molecule has 41 heavy (non-hydrogen) atoms. The Kier molecular flexibility index (Phi) is 10.4. The standard InChI is InChI=1S/C30H35ClFN3O5S/c1-6-40-26-15-13-25(14-16-26)35(41(38,39)27-17-9-23(31)10-18-27)20-28(36)34(19-22-7-11-24(32)12-8-22)21(2)29(37)33-30(3,4)5/h7-18,21H,6,19-20H2,1-5H3,(H,33,37)/t21-/m0/s1. The Hall–Kier alpha value is -3.63. The van der Waals surface area contributed by atoms with Crippen LogP contribution in [0.4, 0.5) is 10.1 Å². The first-order valence-electron chi connectivity index (χ1n) is 13.1. The minimum absolute atomic E-state index is 0.0457. The molecule has 1 N–H and O–H groups in total. The molecule has 0 aliphatic carbocycles. The molecule has 0 bridgehead atoms. The number of amides is 2. The number of sulfonamides is 1. The van der Waals surface area contributed by atoms with Gasteiger partial charge in [-0.05, 0) is 101 Å². The van der Waals surface area contributed by atoms with E-state index in [0.29, 0.717) is 22.9 Å². The maximum absolute atomic E-state index is 13.9. The van der Waals surface area contributed by atoms with Crippen molar-refractivity contribution in [3.63, 3.8) is 0 Å². The highest BCUT2D eigenvalue weighted by molar-refractivity contribution is 7.92. The third-order valence-corrected chi connectivity index (χ3v) is 8.09. The minimum atomic E-state index is -4.24. The van der Waals surface area contributed by atoms with Crippen molar-refractivity contribution in [2.24, 2.45) is 0 Å². The van der Waals surface area contributed by atoms with Gasteiger partial charge in [0.15, 0.2) is 0 Å². The van der Waals surface area contributed by atoms with Crippen LogP contribution in [0.3, 0.4) is 0 Å². The molecule has 3 aromatic carbocycles. The molecule has 3 rings (SSSR count). The maximum Gasteiger partial charge on any atom is 0.264 e. The average molecular weight is 604 g/mol. The van der Waals surface area contributed by atoms with Crippen molar-refractivity contribution in [1.29, 1.82) is 0 Å². The molecule has 2 amide bonds. The van der Waals surface area contributed by atoms with Crippen molar-refractivity contribution < 1.29 is 27.1 Å². The van der Waals surface area contributed by atoms with Crippen LogP contribution >= 0.6 is 11.6 Å². The van der Waals surface area contributed by atoms with E-state index in [9.17, 15) is 22.4 Å². The molecule has 8 nitrogen and oxygen atoms in total. The van der Waals surface area contributed by atoms with Gasteiger partial charge < -0.3 is 15.0 Å². The molecular weight excluding hydrogens is 569 g/mol. The lowest BCUT2D eigenvalue weighted by Crippen LogP contribution is -2.54. The van der Waals surface area contributed by atoms with Gasteiger partial charge in [-0.2, -0.15) is 0 Å². The molecule has 0 aliphatic rings. The van der Waals surface area contributed by atoms with Crippen LogP contribution in [0.25, 0.3) is 0 Å². The average Bonchev–Trinajstić information content (AvgIpc) is 2.91. The number of carbonyl (C=O) groups is 2. The molecule has 0 saturated heterocycles. The third kappa shape index (κ3) is 8.68. The van der Waals surface area contributed by atoms with Gasteiger partial charge in [0.05, 0.1) is 17.2 Å². The SMILES string of the molecule is CCOc1ccc(N(CC(=O)N(Cc2ccc(F)cc2)[C@@H](C)C(=O)NC(C)(C)C)S(=O)(=O)c2ccc(Cl)cc2)cc1. The van der Waals surface area contributed by atoms with Crippen molar-refractivity contribution in [2.75, 3.05) is 17.5 Å². The van der Waals surface area contributed by atoms with E-state index in [1.807, 2.05) is 27.7 Å². The highest BCUT2D eigenvalue weighted by Gasteiger charge is 2.33. The lowest BCUT2D eigenvalue weighted by atomic mass is 10.1. The summed E-state index contributed by atoms with van der Waals surface area (Å²) in [5, 5.41) is 3.22. The van der Waals surface area contributed by atoms with Crippen LogP contribution in [-0.4, -0.2) is 49.9 Å². The zero-order valence-electron chi connectivity index (χ0n) is 23.7. The zero-order valence-corrected chi connectivity index (χ0v) is 25.3. The first-order valence-corrected chi connectivity index (χ1v) is 14.9. The number of benzene rings is 3. The summed E-state index contributed by atoms with van der Waals surface area (Å²) in [6, 6.07) is 16.5. The topological polar surface area (TPSA) is 96.0 Å². The van der Waals surface area contributed by atoms with Crippen LogP contribution in [0.5, 0.6) is 5.75 Å². The largest absolute Gasteiger partial charge is 0.494 e. The highest BCUT2D eigenvalue weighted by atomic mass is 35.5. The fraction of sp³-hybridized carbons (Fsp3) is 0.333. The molecule has 0 unspecified atom stereocenters. The Morgan fingerprint density at radius 2 is 1.56 bits per heavy atom. The van der Waals surface area contributed by atoms with Crippen LogP contribution in [0, 0.1) is 5.82 Å². The number of anilines is 1. The molecule has 0 aliphatic heterocycles. The van der Waals surface area contributed by atoms with Gasteiger partial charge >= 0.3 is 0 Å². The monoisotopic (exact) mass is 603 g/mol. The van der Waals surface area contributed by atoms with Crippen molar-refractivity contribution >= 4 is 39.1 Å². The summed E-state index contributed by atoms with van der Waals surface area (Å²) < 4.78 is 47.8. The van der Waals surface area contributed by atoms with Crippen molar-refractivity contribution in [3.8, 4) is 5.75 Å². The summed E-state index contributed by atoms with van der Waals surface area (Å²) in [5.41, 5.74) is 0.232. The maximum atomic E-state index is 13.9. The Balaban J connectivity index is 2.03. The number of ether oxygens (including phenoxy) is 1. The van der Waals surface area contributed by atoms with Crippen LogP contribution in [0.1, 0.15) is 40.2 Å². The molecule has 0 aromatic heterocycles. The van der Waals surface area contributed by atoms with Crippen LogP contribution < -0.4 is 14.4 Å². The van der Waals surface area contributed by atoms with Crippen molar-refractivity contribution in [2.45, 2.75) is 57.6 Å². The summed E-state index contributed by atoms with van der Waals surface area (Å²) in [6.45, 7) is 8.62. The van der Waals surface area contributed by atoms with Gasteiger partial charge in [0.1, 0.15) is 24.2 Å². The van der Waals surface area contributed by atoms with E-state index in [1.165, 1.54) is 53.4 Å². The van der Waals surface area contributed by atoms with Gasteiger partial charge in [-0.25, -0.2) is 12.8 Å². The van der Waals surface area contributed by atoms with Crippen LogP contribution in [0.15, 0.2) is 77.7 Å². The van der Waals surface area contributed by atoms with Crippen molar-refractivity contribution in [3.05, 3.63) is 89.2 Å². The summed E-state index contributed by atoms with van der Waals surface area (Å²) in [5.74, 6) is -0.948. The normalized spacial score (nSPS) is 12.4. The summed E-state index contributed by atoms with van der Waals surface area (Å²) in [6.07, 6.45) is 0. The van der Waals surface area contributed by atoms with Crippen molar-refractivity contribution in [1.82, 2.24) is 10.2 Å². The number of halogens is 2. The second-order valence-corrected chi connectivity index (χ2v) is 12.8. The highest BCUT2D eigenvalue weighted by Crippen LogP contribution is 2.27. The lowest BCUT2D eigenvalue weighted by molar-refractivity contribution is -0.140. The molecule has 0 fully saturated rings. The number of hydrogen-bond acceptors (Lipinski definition) is 5. The summed E-state index contributed by atoms with van der Waals surface area (Å²) in [4.78, 5) is 28.3. The number of carbonyl (C=O) groups excluding carboxylic acids is 2. The van der Waals surface area contributed by atoms with E-state index >= 15 is 0 Å². The number of rotatable bonds is 11. The first-order chi connectivity index (χ1) is 19.2. The van der Waals surface area contributed by atoms with Gasteiger partial charge in [0.25, 0.3) is 10.0 Å². The Morgan fingerprint density at radius 1 is 0.976 bits per heavy atom. The molecule has 1 atom stereocenters. The molecule has 3 aromatic rings. The second-order valence-electron chi connectivity index (χ2n) is 10.5. The molecule has 11 heteroatoms. The fourth-order valence-corrected chi connectivity index (χ4v) is 5.52. The minimum Gasteiger partial charge on any atom is -0.494 e. The van der Waals surface area contributed by atoms with E-state index in [4.69, 9.17) is 16.3 Å². The molecule has 0 saturated carbocycles. The van der Waals surface area contributed by atoms with Gasteiger partial charge in [0.2, 0.25) is 11.8 Å². The van der Waals surface area contributed by atoms with E-state index in [0.717, 1.165) is 4.31 Å². The molecule has 0 heterocycles. The molecule has 0 spiro atoms. The molecular formula is C30H35ClFN3O5S. The number of nitrogens with one attached hydrogen (secondary N) is 1. The zero-order chi connectivity index (χ0) is 30.4. The third-order valence-electron chi connectivity index (χ3n) is 6.05. The predicted octanol–water partition coefficient (Wildman–Crippen LogP) is 5.41. The predicted molar refractivity (Wildman–Crippen MR) is 158 cm³/mol. The van der Waals surface area contributed by atoms with E-state index in [1.54, 1.807) is 31.2 Å². The summed E-state index contributed by atoms with van der Waals surface area (Å²) in [7, 11) is -4.24. The lowest BCUT2D eigenvalue weighted by Gasteiger charge is -2.33. The van der Waals surface area contributed by atoms with Gasteiger partial charge in [-0.3, -0.25) is 13.9 Å². The van der Waals surface area contributed by atoms with E-state index in [-0.39, 0.29) is 17.1 Å². The molecule has 220 valence electrons. The second kappa shape index (κ2) is 13.4. The van der Waals surface area contributed by atoms with Crippen LogP contribution in [0.2, 0.25) is 5.02 Å². The first kappa shape index (κ1) is 31.9. The van der Waals surface area contributed by atoms with E-state index in [2.05, 4.69) is 5.32 Å². The van der Waals surface area contributed by atoms with Gasteiger partial charge in [-0.15, -0.1) is 0 Å². The Bertz CT molecular complexity index is 1440. The fourth-order valence-electron chi connectivity index (χ4n) is 3.98. The number of nitrogens with zero attached hydrogens (tertiary/aromatic N) is 2. The Morgan fingerprint density at radius 3 is 2.10 bits per heavy atom.